The predicted octanol–water partition coefficient (Wildman–Crippen LogP) is 2.50. The number of anilines is 1. The van der Waals surface area contributed by atoms with Crippen LogP contribution in [0.4, 0.5) is 5.69 Å². The number of amides is 1. The first kappa shape index (κ1) is 19.6. The second-order valence-corrected chi connectivity index (χ2v) is 7.71. The molecule has 0 aliphatic carbocycles. The summed E-state index contributed by atoms with van der Waals surface area (Å²) < 4.78 is 1.82. The highest BCUT2D eigenvalue weighted by molar-refractivity contribution is 5.95. The molecule has 6 nitrogen and oxygen atoms in total. The normalized spacial score (nSPS) is 25.9. The molecule has 3 heterocycles. The molecule has 0 radical (unpaired) electrons. The van der Waals surface area contributed by atoms with E-state index in [-0.39, 0.29) is 36.0 Å². The van der Waals surface area contributed by atoms with Crippen LogP contribution >= 0.6 is 0 Å². The summed E-state index contributed by atoms with van der Waals surface area (Å²) in [4.78, 5) is 28.2. The largest absolute Gasteiger partial charge is 0.396 e. The minimum absolute atomic E-state index is 0.00645. The summed E-state index contributed by atoms with van der Waals surface area (Å²) in [5.41, 5.74) is 2.34. The number of carbonyl (C=O) groups is 1. The van der Waals surface area contributed by atoms with E-state index in [1.165, 1.54) is 0 Å². The number of nitrogens with zero attached hydrogens (tertiary/aromatic N) is 2. The predicted molar refractivity (Wildman–Crippen MR) is 113 cm³/mol. The molecular formula is C23H27N3O3. The zero-order valence-electron chi connectivity index (χ0n) is 16.8. The summed E-state index contributed by atoms with van der Waals surface area (Å²) in [6.45, 7) is 5.02. The van der Waals surface area contributed by atoms with Gasteiger partial charge in [-0.3, -0.25) is 14.5 Å². The average Bonchev–Trinajstić information content (AvgIpc) is 3.25. The van der Waals surface area contributed by atoms with Gasteiger partial charge in [0, 0.05) is 41.9 Å². The molecular weight excluding hydrogens is 366 g/mol. The highest BCUT2D eigenvalue weighted by atomic mass is 16.3. The van der Waals surface area contributed by atoms with E-state index in [9.17, 15) is 14.7 Å². The lowest BCUT2D eigenvalue weighted by Gasteiger charge is -2.29. The van der Waals surface area contributed by atoms with Gasteiger partial charge in [0.25, 0.3) is 5.56 Å². The Hall–Kier alpha value is -2.70. The lowest BCUT2D eigenvalue weighted by molar-refractivity contribution is -0.122. The van der Waals surface area contributed by atoms with Crippen LogP contribution < -0.4 is 10.9 Å². The Morgan fingerprint density at radius 2 is 2.00 bits per heavy atom. The zero-order valence-corrected chi connectivity index (χ0v) is 16.8. The fraction of sp³-hybridized carbons (Fsp3) is 0.391. The molecule has 0 unspecified atom stereocenters. The Kier molecular flexibility index (Phi) is 5.39. The van der Waals surface area contributed by atoms with Crippen LogP contribution in [0, 0.1) is 11.8 Å². The molecule has 2 aromatic rings. The number of carbonyl (C=O) groups excluding carboxylic acids is 1. The number of hydrogen-bond donors (Lipinski definition) is 2. The number of allylic oxidation sites excluding steroid dienone is 1. The van der Waals surface area contributed by atoms with Crippen LogP contribution in [-0.2, 0) is 11.3 Å². The third kappa shape index (κ3) is 3.22. The summed E-state index contributed by atoms with van der Waals surface area (Å²) in [5, 5.41) is 13.2. The number of fused-ring (bicyclic) bond motifs is 3. The number of pyridine rings is 1. The summed E-state index contributed by atoms with van der Waals surface area (Å²) in [5.74, 6) is -0.306. The van der Waals surface area contributed by atoms with Crippen LogP contribution in [-0.4, -0.2) is 39.7 Å². The smallest absolute Gasteiger partial charge is 0.258 e. The van der Waals surface area contributed by atoms with Gasteiger partial charge < -0.3 is 15.0 Å². The standard InChI is InChI=1S/C23H27N3O3/c1-3-8-15-11-12-19-20-17(13-26(19)23(15)29)18(14-27)21(25(20)4-2)22(28)24-16-9-6-5-7-10-16/h3,5-12,17-18,20-21,27H,4,13-14H2,1-2H3,(H,24,28)/b8-3-/t17-,18-,20+,21-/m1/s1. The van der Waals surface area contributed by atoms with Crippen LogP contribution in [0.2, 0.25) is 0 Å². The summed E-state index contributed by atoms with van der Waals surface area (Å²) in [6, 6.07) is 12.8. The summed E-state index contributed by atoms with van der Waals surface area (Å²) >= 11 is 0. The molecule has 0 saturated carbocycles. The molecule has 2 aliphatic rings. The highest BCUT2D eigenvalue weighted by Gasteiger charge is 2.54. The number of nitrogens with one attached hydrogen (secondary N) is 1. The molecule has 1 saturated heterocycles. The lowest BCUT2D eigenvalue weighted by Crippen LogP contribution is -2.45. The number of aliphatic hydroxyl groups is 1. The SMILES string of the molecule is C/C=C\c1ccc2n(c1=O)C[C@@H]1[C@@H](CO)[C@H](C(=O)Nc3ccccc3)N(CC)[C@H]21. The van der Waals surface area contributed by atoms with Crippen molar-refractivity contribution in [3.05, 3.63) is 70.2 Å². The van der Waals surface area contributed by atoms with Crippen molar-refractivity contribution in [3.8, 4) is 0 Å². The highest BCUT2D eigenvalue weighted by Crippen LogP contribution is 2.49. The van der Waals surface area contributed by atoms with E-state index in [0.29, 0.717) is 18.7 Å². The number of benzene rings is 1. The Morgan fingerprint density at radius 3 is 2.66 bits per heavy atom. The first-order chi connectivity index (χ1) is 14.1. The van der Waals surface area contributed by atoms with Gasteiger partial charge in [0.2, 0.25) is 5.91 Å². The van der Waals surface area contributed by atoms with Crippen molar-refractivity contribution in [2.45, 2.75) is 32.5 Å². The van der Waals surface area contributed by atoms with Gasteiger partial charge in [0.15, 0.2) is 0 Å². The third-order valence-corrected chi connectivity index (χ3v) is 6.24. The monoisotopic (exact) mass is 393 g/mol. The molecule has 1 fully saturated rings. The number of aromatic nitrogens is 1. The summed E-state index contributed by atoms with van der Waals surface area (Å²) in [6.07, 6.45) is 3.68. The average molecular weight is 393 g/mol. The zero-order chi connectivity index (χ0) is 20.5. The van der Waals surface area contributed by atoms with Gasteiger partial charge in [0.1, 0.15) is 0 Å². The van der Waals surface area contributed by atoms with Gasteiger partial charge >= 0.3 is 0 Å². The van der Waals surface area contributed by atoms with Gasteiger partial charge in [0.05, 0.1) is 12.1 Å². The van der Waals surface area contributed by atoms with Crippen molar-refractivity contribution in [1.29, 1.82) is 0 Å². The molecule has 1 aromatic heterocycles. The minimum Gasteiger partial charge on any atom is -0.396 e. The molecule has 0 spiro atoms. The molecule has 1 amide bonds. The molecule has 152 valence electrons. The number of likely N-dealkylation sites (tertiary alicyclic amines) is 1. The quantitative estimate of drug-likeness (QED) is 0.819. The summed E-state index contributed by atoms with van der Waals surface area (Å²) in [7, 11) is 0. The maximum Gasteiger partial charge on any atom is 0.258 e. The number of rotatable bonds is 5. The Labute approximate surface area is 170 Å². The first-order valence-electron chi connectivity index (χ1n) is 10.2. The molecule has 0 bridgehead atoms. The van der Waals surface area contributed by atoms with Gasteiger partial charge in [-0.2, -0.15) is 0 Å². The molecule has 29 heavy (non-hydrogen) atoms. The van der Waals surface area contributed by atoms with E-state index in [1.54, 1.807) is 0 Å². The second kappa shape index (κ2) is 7.97. The molecule has 2 N–H and O–H groups in total. The van der Waals surface area contributed by atoms with Crippen molar-refractivity contribution >= 4 is 17.7 Å². The number of aliphatic hydroxyl groups excluding tert-OH is 1. The van der Waals surface area contributed by atoms with E-state index < -0.39 is 6.04 Å². The van der Waals surface area contributed by atoms with Crippen LogP contribution in [0.5, 0.6) is 0 Å². The van der Waals surface area contributed by atoms with Crippen molar-refractivity contribution in [3.63, 3.8) is 0 Å². The molecule has 6 heteroatoms. The molecule has 4 rings (SSSR count). The van der Waals surface area contributed by atoms with Crippen molar-refractivity contribution in [2.75, 3.05) is 18.5 Å². The van der Waals surface area contributed by atoms with Gasteiger partial charge in [-0.1, -0.05) is 37.3 Å². The molecule has 4 atom stereocenters. The first-order valence-corrected chi connectivity index (χ1v) is 10.2. The topological polar surface area (TPSA) is 74.6 Å². The number of hydrogen-bond acceptors (Lipinski definition) is 4. The lowest BCUT2D eigenvalue weighted by atomic mass is 9.88. The van der Waals surface area contributed by atoms with Crippen LogP contribution in [0.15, 0.2) is 53.3 Å². The van der Waals surface area contributed by atoms with Gasteiger partial charge in [-0.25, -0.2) is 0 Å². The fourth-order valence-electron chi connectivity index (χ4n) is 5.04. The Balaban J connectivity index is 1.69. The Bertz CT molecular complexity index is 983. The van der Waals surface area contributed by atoms with E-state index in [0.717, 1.165) is 11.4 Å². The van der Waals surface area contributed by atoms with Crippen molar-refractivity contribution < 1.29 is 9.90 Å². The van der Waals surface area contributed by atoms with Crippen LogP contribution in [0.25, 0.3) is 6.08 Å². The minimum atomic E-state index is -0.431. The van der Waals surface area contributed by atoms with Crippen molar-refractivity contribution in [2.24, 2.45) is 11.8 Å². The molecule has 2 aliphatic heterocycles. The van der Waals surface area contributed by atoms with Gasteiger partial charge in [-0.05, 0) is 37.7 Å². The second-order valence-electron chi connectivity index (χ2n) is 7.71. The van der Waals surface area contributed by atoms with Crippen LogP contribution in [0.3, 0.4) is 0 Å². The maximum absolute atomic E-state index is 13.2. The van der Waals surface area contributed by atoms with Crippen molar-refractivity contribution in [1.82, 2.24) is 9.47 Å². The Morgan fingerprint density at radius 1 is 1.24 bits per heavy atom. The van der Waals surface area contributed by atoms with Crippen LogP contribution in [0.1, 0.15) is 31.1 Å². The van der Waals surface area contributed by atoms with E-state index in [1.807, 2.05) is 73.0 Å². The van der Waals surface area contributed by atoms with Gasteiger partial charge in [-0.15, -0.1) is 0 Å². The number of para-hydroxylation sites is 1. The van der Waals surface area contributed by atoms with E-state index in [2.05, 4.69) is 10.2 Å². The maximum atomic E-state index is 13.2. The van der Waals surface area contributed by atoms with E-state index in [4.69, 9.17) is 0 Å². The fourth-order valence-corrected chi connectivity index (χ4v) is 5.04. The number of likely N-dealkylation sites (N-methyl/N-ethyl adjacent to an activating group) is 1. The third-order valence-electron chi connectivity index (χ3n) is 6.24. The van der Waals surface area contributed by atoms with E-state index >= 15 is 0 Å². The molecule has 1 aromatic carbocycles.